The first kappa shape index (κ1) is 12.7. The summed E-state index contributed by atoms with van der Waals surface area (Å²) < 4.78 is 0. The van der Waals surface area contributed by atoms with Gasteiger partial charge in [0.2, 0.25) is 0 Å². The Bertz CT molecular complexity index is 299. The third-order valence-electron chi connectivity index (χ3n) is 5.54. The van der Waals surface area contributed by atoms with Crippen molar-refractivity contribution in [3.63, 3.8) is 0 Å². The minimum absolute atomic E-state index is 0.650. The van der Waals surface area contributed by atoms with Crippen LogP contribution >= 0.6 is 0 Å². The number of allylic oxidation sites excluding steroid dienone is 4. The van der Waals surface area contributed by atoms with Crippen LogP contribution in [0.4, 0.5) is 0 Å². The molecule has 0 saturated heterocycles. The molecule has 0 nitrogen and oxygen atoms in total. The van der Waals surface area contributed by atoms with Gasteiger partial charge in [-0.2, -0.15) is 0 Å². The molecule has 2 saturated carbocycles. The van der Waals surface area contributed by atoms with Crippen LogP contribution in [0.25, 0.3) is 0 Å². The van der Waals surface area contributed by atoms with E-state index < -0.39 is 8.80 Å². The van der Waals surface area contributed by atoms with Gasteiger partial charge in [-0.15, -0.1) is 0 Å². The van der Waals surface area contributed by atoms with E-state index in [1.54, 1.807) is 25.7 Å². The average Bonchev–Trinajstić information content (AvgIpc) is 2.95. The molecule has 0 N–H and O–H groups in total. The van der Waals surface area contributed by atoms with E-state index >= 15 is 0 Å². The molecule has 0 aromatic heterocycles. The summed E-state index contributed by atoms with van der Waals surface area (Å²) >= 11 is 0. The molecule has 0 heterocycles. The van der Waals surface area contributed by atoms with Crippen molar-refractivity contribution in [2.75, 3.05) is 0 Å². The highest BCUT2D eigenvalue weighted by atomic mass is 28.3. The molecule has 0 aliphatic heterocycles. The van der Waals surface area contributed by atoms with Crippen molar-refractivity contribution in [3.05, 3.63) is 23.4 Å². The summed E-state index contributed by atoms with van der Waals surface area (Å²) in [5, 5.41) is 1.92. The van der Waals surface area contributed by atoms with Crippen molar-refractivity contribution >= 4 is 8.80 Å². The SMILES string of the molecule is C1=CCC([SiH](C2CCCCC2)C2CCCCC2)=C1. The Hall–Kier alpha value is -0.303. The van der Waals surface area contributed by atoms with E-state index in [4.69, 9.17) is 0 Å². The molecule has 3 aliphatic rings. The quantitative estimate of drug-likeness (QED) is 0.603. The first-order chi connectivity index (χ1) is 8.95. The molecule has 0 spiro atoms. The Balaban J connectivity index is 1.73. The molecular weight excluding hydrogens is 232 g/mol. The topological polar surface area (TPSA) is 0 Å². The molecule has 2 fully saturated rings. The molecule has 0 aromatic carbocycles. The van der Waals surface area contributed by atoms with E-state index in [1.807, 2.05) is 5.20 Å². The van der Waals surface area contributed by atoms with Crippen molar-refractivity contribution in [1.82, 2.24) is 0 Å². The molecule has 0 amide bonds. The summed E-state index contributed by atoms with van der Waals surface area (Å²) in [5.41, 5.74) is 2.32. The third kappa shape index (κ3) is 2.82. The van der Waals surface area contributed by atoms with Crippen LogP contribution in [0.15, 0.2) is 23.4 Å². The minimum Gasteiger partial charge on any atom is -0.0809 e. The fourth-order valence-electron chi connectivity index (χ4n) is 4.69. The predicted molar refractivity (Wildman–Crippen MR) is 82.7 cm³/mol. The molecule has 100 valence electrons. The zero-order valence-corrected chi connectivity index (χ0v) is 12.9. The maximum absolute atomic E-state index is 2.51. The van der Waals surface area contributed by atoms with Crippen LogP contribution in [0, 0.1) is 0 Å². The Morgan fingerprint density at radius 1 is 0.778 bits per heavy atom. The second-order valence-corrected chi connectivity index (χ2v) is 10.4. The number of hydrogen-bond donors (Lipinski definition) is 0. The maximum Gasteiger partial charge on any atom is 0.0721 e. The largest absolute Gasteiger partial charge is 0.0809 e. The predicted octanol–water partition coefficient (Wildman–Crippen LogP) is 5.31. The van der Waals surface area contributed by atoms with E-state index in [0.717, 1.165) is 11.1 Å². The maximum atomic E-state index is 2.51. The fraction of sp³-hybridized carbons (Fsp3) is 0.765. The molecular formula is C17H28Si. The van der Waals surface area contributed by atoms with Crippen LogP contribution in [0.2, 0.25) is 11.1 Å². The van der Waals surface area contributed by atoms with Crippen molar-refractivity contribution in [1.29, 1.82) is 0 Å². The molecule has 0 radical (unpaired) electrons. The first-order valence-corrected chi connectivity index (χ1v) is 10.2. The van der Waals surface area contributed by atoms with Gasteiger partial charge in [-0.25, -0.2) is 0 Å². The van der Waals surface area contributed by atoms with Crippen LogP contribution in [-0.2, 0) is 0 Å². The van der Waals surface area contributed by atoms with Gasteiger partial charge in [0.1, 0.15) is 0 Å². The summed E-state index contributed by atoms with van der Waals surface area (Å²) in [4.78, 5) is 0. The van der Waals surface area contributed by atoms with E-state index in [1.165, 1.54) is 44.9 Å². The standard InChI is InChI=1S/C17H28Si/c1-3-9-15(10-4-1)18(17-13-7-8-14-17)16-11-5-2-6-12-16/h7-8,13,15-16,18H,1-6,9-12,14H2. The lowest BCUT2D eigenvalue weighted by Crippen LogP contribution is -2.32. The van der Waals surface area contributed by atoms with E-state index in [2.05, 4.69) is 18.2 Å². The number of hydrogen-bond acceptors (Lipinski definition) is 0. The van der Waals surface area contributed by atoms with E-state index in [-0.39, 0.29) is 0 Å². The zero-order chi connectivity index (χ0) is 12.2. The van der Waals surface area contributed by atoms with Crippen molar-refractivity contribution in [2.24, 2.45) is 0 Å². The average molecular weight is 260 g/mol. The third-order valence-corrected chi connectivity index (χ3v) is 10.2. The summed E-state index contributed by atoms with van der Waals surface area (Å²) in [6.07, 6.45) is 24.0. The Morgan fingerprint density at radius 2 is 1.33 bits per heavy atom. The monoisotopic (exact) mass is 260 g/mol. The molecule has 18 heavy (non-hydrogen) atoms. The summed E-state index contributed by atoms with van der Waals surface area (Å²) in [7, 11) is -0.650. The smallest absolute Gasteiger partial charge is 0.0721 e. The van der Waals surface area contributed by atoms with Gasteiger partial charge in [-0.3, -0.25) is 0 Å². The van der Waals surface area contributed by atoms with Crippen LogP contribution in [0.3, 0.4) is 0 Å². The van der Waals surface area contributed by atoms with Crippen molar-refractivity contribution < 1.29 is 0 Å². The Kier molecular flexibility index (Phi) is 4.40. The minimum atomic E-state index is -0.650. The van der Waals surface area contributed by atoms with Gasteiger partial charge in [-0.05, 0) is 17.5 Å². The van der Waals surface area contributed by atoms with Crippen molar-refractivity contribution in [3.8, 4) is 0 Å². The lowest BCUT2D eigenvalue weighted by Gasteiger charge is -2.37. The fourth-order valence-corrected chi connectivity index (χ4v) is 9.79. The van der Waals surface area contributed by atoms with Crippen LogP contribution < -0.4 is 0 Å². The van der Waals surface area contributed by atoms with Gasteiger partial charge < -0.3 is 0 Å². The van der Waals surface area contributed by atoms with Crippen LogP contribution in [-0.4, -0.2) is 8.80 Å². The lowest BCUT2D eigenvalue weighted by atomic mass is 9.99. The second kappa shape index (κ2) is 6.23. The lowest BCUT2D eigenvalue weighted by molar-refractivity contribution is 0.463. The van der Waals surface area contributed by atoms with Gasteiger partial charge in [0.05, 0.1) is 8.80 Å². The second-order valence-electron chi connectivity index (χ2n) is 6.70. The van der Waals surface area contributed by atoms with Crippen LogP contribution in [0.1, 0.15) is 70.6 Å². The highest BCUT2D eigenvalue weighted by Crippen LogP contribution is 2.45. The van der Waals surface area contributed by atoms with E-state index in [0.29, 0.717) is 0 Å². The van der Waals surface area contributed by atoms with Gasteiger partial charge >= 0.3 is 0 Å². The van der Waals surface area contributed by atoms with Gasteiger partial charge in [0.25, 0.3) is 0 Å². The van der Waals surface area contributed by atoms with Gasteiger partial charge in [-0.1, -0.05) is 87.6 Å². The normalized spacial score (nSPS) is 26.8. The number of rotatable bonds is 3. The summed E-state index contributed by atoms with van der Waals surface area (Å²) in [5.74, 6) is 0. The Morgan fingerprint density at radius 3 is 1.78 bits per heavy atom. The summed E-state index contributed by atoms with van der Waals surface area (Å²) in [6, 6.07) is 0. The zero-order valence-electron chi connectivity index (χ0n) is 11.7. The molecule has 0 unspecified atom stereocenters. The van der Waals surface area contributed by atoms with Crippen molar-refractivity contribution in [2.45, 2.75) is 81.7 Å². The summed E-state index contributed by atoms with van der Waals surface area (Å²) in [6.45, 7) is 0. The Labute approximate surface area is 114 Å². The van der Waals surface area contributed by atoms with E-state index in [9.17, 15) is 0 Å². The molecule has 3 rings (SSSR count). The molecule has 0 aromatic rings. The van der Waals surface area contributed by atoms with Crippen LogP contribution in [0.5, 0.6) is 0 Å². The highest BCUT2D eigenvalue weighted by Gasteiger charge is 2.34. The first-order valence-electron chi connectivity index (χ1n) is 8.31. The molecule has 1 heteroatoms. The molecule has 0 atom stereocenters. The van der Waals surface area contributed by atoms with Gasteiger partial charge in [0.15, 0.2) is 0 Å². The highest BCUT2D eigenvalue weighted by molar-refractivity contribution is 6.70. The van der Waals surface area contributed by atoms with Gasteiger partial charge in [0, 0.05) is 0 Å². The molecule has 0 bridgehead atoms. The molecule has 3 aliphatic carbocycles.